The van der Waals surface area contributed by atoms with Gasteiger partial charge in [0.15, 0.2) is 0 Å². The fraction of sp³-hybridized carbons (Fsp3) is 1.00. The Bertz CT molecular complexity index is 165. The summed E-state index contributed by atoms with van der Waals surface area (Å²) in [7, 11) is 1.73. The fourth-order valence-electron chi connectivity index (χ4n) is 1.75. The minimum absolute atomic E-state index is 0.107. The molecule has 3 heteroatoms. The smallest absolute Gasteiger partial charge is 0.0623 e. The van der Waals surface area contributed by atoms with Crippen molar-refractivity contribution in [2.75, 3.05) is 20.3 Å². The molecule has 1 atom stereocenters. The van der Waals surface area contributed by atoms with Crippen LogP contribution in [0.15, 0.2) is 0 Å². The maximum atomic E-state index is 9.46. The van der Waals surface area contributed by atoms with Crippen molar-refractivity contribution in [2.45, 2.75) is 52.1 Å². The molecule has 0 spiro atoms. The Labute approximate surface area is 94.0 Å². The van der Waals surface area contributed by atoms with Crippen LogP contribution in [0.4, 0.5) is 0 Å². The SMILES string of the molecule is CCCC(CN)(CO)CCC(C)(C)OC. The van der Waals surface area contributed by atoms with Crippen LogP contribution in [-0.2, 0) is 4.74 Å². The third-order valence-electron chi connectivity index (χ3n) is 3.36. The molecule has 0 aliphatic carbocycles. The van der Waals surface area contributed by atoms with Crippen LogP contribution in [0.5, 0.6) is 0 Å². The fourth-order valence-corrected chi connectivity index (χ4v) is 1.75. The zero-order valence-electron chi connectivity index (χ0n) is 10.7. The largest absolute Gasteiger partial charge is 0.396 e. The number of nitrogens with two attached hydrogens (primary N) is 1. The molecule has 0 bridgehead atoms. The van der Waals surface area contributed by atoms with Crippen molar-refractivity contribution in [2.24, 2.45) is 11.1 Å². The first-order chi connectivity index (χ1) is 6.95. The van der Waals surface area contributed by atoms with Crippen molar-refractivity contribution < 1.29 is 9.84 Å². The molecule has 1 unspecified atom stereocenters. The molecule has 15 heavy (non-hydrogen) atoms. The summed E-state index contributed by atoms with van der Waals surface area (Å²) >= 11 is 0. The van der Waals surface area contributed by atoms with E-state index in [4.69, 9.17) is 10.5 Å². The lowest BCUT2D eigenvalue weighted by Gasteiger charge is -2.34. The Hall–Kier alpha value is -0.120. The van der Waals surface area contributed by atoms with Crippen molar-refractivity contribution in [3.63, 3.8) is 0 Å². The highest BCUT2D eigenvalue weighted by atomic mass is 16.5. The van der Waals surface area contributed by atoms with Gasteiger partial charge in [0.1, 0.15) is 0 Å². The molecule has 0 aromatic carbocycles. The van der Waals surface area contributed by atoms with Crippen molar-refractivity contribution in [1.82, 2.24) is 0 Å². The summed E-state index contributed by atoms with van der Waals surface area (Å²) in [4.78, 5) is 0. The van der Waals surface area contributed by atoms with Gasteiger partial charge in [0, 0.05) is 25.7 Å². The van der Waals surface area contributed by atoms with E-state index in [0.717, 1.165) is 25.7 Å². The molecule has 0 amide bonds. The van der Waals surface area contributed by atoms with Crippen LogP contribution in [-0.4, -0.2) is 31.0 Å². The van der Waals surface area contributed by atoms with Gasteiger partial charge in [-0.1, -0.05) is 13.3 Å². The molecule has 0 saturated heterocycles. The molecule has 0 rings (SSSR count). The summed E-state index contributed by atoms with van der Waals surface area (Å²) in [6.07, 6.45) is 3.90. The number of aliphatic hydroxyl groups is 1. The maximum Gasteiger partial charge on any atom is 0.0623 e. The monoisotopic (exact) mass is 217 g/mol. The molecule has 0 aromatic rings. The number of hydrogen-bond acceptors (Lipinski definition) is 3. The highest BCUT2D eigenvalue weighted by Crippen LogP contribution is 2.31. The Morgan fingerprint density at radius 2 is 1.80 bits per heavy atom. The van der Waals surface area contributed by atoms with Crippen LogP contribution in [0.2, 0.25) is 0 Å². The molecule has 0 saturated carbocycles. The average Bonchev–Trinajstić information content (AvgIpc) is 2.24. The van der Waals surface area contributed by atoms with Gasteiger partial charge in [0.05, 0.1) is 5.60 Å². The molecule has 3 N–H and O–H groups in total. The van der Waals surface area contributed by atoms with E-state index in [1.165, 1.54) is 0 Å². The summed E-state index contributed by atoms with van der Waals surface area (Å²) < 4.78 is 5.38. The molecule has 92 valence electrons. The zero-order chi connectivity index (χ0) is 11.9. The summed E-state index contributed by atoms with van der Waals surface area (Å²) in [5, 5.41) is 9.46. The lowest BCUT2D eigenvalue weighted by atomic mass is 9.77. The quantitative estimate of drug-likeness (QED) is 0.653. The predicted molar refractivity (Wildman–Crippen MR) is 63.8 cm³/mol. The first-order valence-electron chi connectivity index (χ1n) is 5.81. The van der Waals surface area contributed by atoms with Gasteiger partial charge in [0.2, 0.25) is 0 Å². The van der Waals surface area contributed by atoms with Crippen molar-refractivity contribution in [1.29, 1.82) is 0 Å². The first kappa shape index (κ1) is 14.9. The predicted octanol–water partition coefficient (Wildman–Crippen LogP) is 1.93. The number of rotatable bonds is 8. The van der Waals surface area contributed by atoms with Crippen molar-refractivity contribution >= 4 is 0 Å². The second kappa shape index (κ2) is 6.46. The molecule has 0 fully saturated rings. The number of methoxy groups -OCH3 is 1. The molecular formula is C12H27NO2. The molecule has 0 radical (unpaired) electrons. The minimum Gasteiger partial charge on any atom is -0.396 e. The summed E-state index contributed by atoms with van der Waals surface area (Å²) in [5.41, 5.74) is 5.55. The Morgan fingerprint density at radius 3 is 2.13 bits per heavy atom. The van der Waals surface area contributed by atoms with Gasteiger partial charge in [-0.3, -0.25) is 0 Å². The van der Waals surface area contributed by atoms with E-state index in [2.05, 4.69) is 20.8 Å². The molecule has 0 aliphatic rings. The Balaban J connectivity index is 4.28. The van der Waals surface area contributed by atoms with E-state index in [9.17, 15) is 5.11 Å². The van der Waals surface area contributed by atoms with Crippen LogP contribution in [0.1, 0.15) is 46.5 Å². The summed E-state index contributed by atoms with van der Waals surface area (Å²) in [5.74, 6) is 0. The standard InChI is InChI=1S/C12H27NO2/c1-5-6-12(9-13,10-14)8-7-11(2,3)15-4/h14H,5-10,13H2,1-4H3. The topological polar surface area (TPSA) is 55.5 Å². The van der Waals surface area contributed by atoms with E-state index in [-0.39, 0.29) is 17.6 Å². The second-order valence-corrected chi connectivity index (χ2v) is 5.08. The van der Waals surface area contributed by atoms with Gasteiger partial charge in [-0.2, -0.15) is 0 Å². The highest BCUT2D eigenvalue weighted by molar-refractivity contribution is 4.82. The highest BCUT2D eigenvalue weighted by Gasteiger charge is 2.29. The second-order valence-electron chi connectivity index (χ2n) is 5.08. The molecular weight excluding hydrogens is 190 g/mol. The van der Waals surface area contributed by atoms with Gasteiger partial charge in [-0.05, 0) is 33.1 Å². The van der Waals surface area contributed by atoms with E-state index < -0.39 is 0 Å². The van der Waals surface area contributed by atoms with Gasteiger partial charge in [-0.25, -0.2) is 0 Å². The zero-order valence-corrected chi connectivity index (χ0v) is 10.7. The van der Waals surface area contributed by atoms with Crippen molar-refractivity contribution in [3.05, 3.63) is 0 Å². The van der Waals surface area contributed by atoms with Crippen LogP contribution in [0.25, 0.3) is 0 Å². The van der Waals surface area contributed by atoms with Gasteiger partial charge >= 0.3 is 0 Å². The van der Waals surface area contributed by atoms with Crippen LogP contribution < -0.4 is 5.73 Å². The molecule has 0 aromatic heterocycles. The minimum atomic E-state index is -0.122. The van der Waals surface area contributed by atoms with Gasteiger partial charge in [0.25, 0.3) is 0 Å². The van der Waals surface area contributed by atoms with Crippen LogP contribution >= 0.6 is 0 Å². The van der Waals surface area contributed by atoms with E-state index >= 15 is 0 Å². The van der Waals surface area contributed by atoms with Gasteiger partial charge < -0.3 is 15.6 Å². The third kappa shape index (κ3) is 4.96. The van der Waals surface area contributed by atoms with Crippen LogP contribution in [0, 0.1) is 5.41 Å². The van der Waals surface area contributed by atoms with E-state index in [0.29, 0.717) is 6.54 Å². The Kier molecular flexibility index (Phi) is 6.41. The first-order valence-corrected chi connectivity index (χ1v) is 5.81. The summed E-state index contributed by atoms with van der Waals surface area (Å²) in [6, 6.07) is 0. The number of aliphatic hydroxyl groups excluding tert-OH is 1. The normalized spacial score (nSPS) is 16.4. The van der Waals surface area contributed by atoms with E-state index in [1.807, 2.05) is 0 Å². The average molecular weight is 217 g/mol. The summed E-state index contributed by atoms with van der Waals surface area (Å²) in [6.45, 7) is 6.99. The third-order valence-corrected chi connectivity index (χ3v) is 3.36. The molecule has 0 aliphatic heterocycles. The van der Waals surface area contributed by atoms with E-state index in [1.54, 1.807) is 7.11 Å². The number of ether oxygens (including phenoxy) is 1. The Morgan fingerprint density at radius 1 is 1.20 bits per heavy atom. The molecule has 0 heterocycles. The molecule has 3 nitrogen and oxygen atoms in total. The lowest BCUT2D eigenvalue weighted by molar-refractivity contribution is -0.00392. The van der Waals surface area contributed by atoms with Gasteiger partial charge in [-0.15, -0.1) is 0 Å². The number of hydrogen-bond donors (Lipinski definition) is 2. The van der Waals surface area contributed by atoms with Crippen molar-refractivity contribution in [3.8, 4) is 0 Å². The maximum absolute atomic E-state index is 9.46. The van der Waals surface area contributed by atoms with Crippen LogP contribution in [0.3, 0.4) is 0 Å². The lowest BCUT2D eigenvalue weighted by Crippen LogP contribution is -2.36.